The van der Waals surface area contributed by atoms with E-state index in [2.05, 4.69) is 20.8 Å². The van der Waals surface area contributed by atoms with E-state index in [1.165, 1.54) is 24.8 Å². The molecule has 1 aliphatic carbocycles. The van der Waals surface area contributed by atoms with Gasteiger partial charge in [-0.15, -0.1) is 0 Å². The molecule has 1 N–H and O–H groups in total. The molecule has 2 rings (SSSR count). The molecule has 0 spiro atoms. The summed E-state index contributed by atoms with van der Waals surface area (Å²) >= 11 is -0.826. The second kappa shape index (κ2) is 10.1. The Morgan fingerprint density at radius 2 is 1.86 bits per heavy atom. The molecule has 2 nitrogen and oxygen atoms in total. The monoisotopic (exact) mass is 419 g/mol. The van der Waals surface area contributed by atoms with E-state index in [4.69, 9.17) is 22.0 Å². The minimum absolute atomic E-state index is 0.367. The van der Waals surface area contributed by atoms with Gasteiger partial charge in [-0.1, -0.05) is 32.8 Å². The third-order valence-corrected chi connectivity index (χ3v) is 4.54. The molecule has 5 heteroatoms. The van der Waals surface area contributed by atoms with Gasteiger partial charge >= 0.3 is 37.9 Å². The van der Waals surface area contributed by atoms with Gasteiger partial charge in [-0.3, -0.25) is 4.99 Å². The van der Waals surface area contributed by atoms with Crippen molar-refractivity contribution in [3.63, 3.8) is 0 Å². The van der Waals surface area contributed by atoms with Gasteiger partial charge < -0.3 is 5.11 Å². The average molecular weight is 422 g/mol. The third-order valence-electron chi connectivity index (χ3n) is 4.54. The Hall–Kier alpha value is 0.153. The molecule has 1 aromatic carbocycles. The number of rotatable bonds is 2. The van der Waals surface area contributed by atoms with Crippen LogP contribution in [0.25, 0.3) is 0 Å². The molecule has 0 heterocycles. The molecule has 122 valence electrons. The molecule has 0 radical (unpaired) electrons. The van der Waals surface area contributed by atoms with Gasteiger partial charge in [-0.2, -0.15) is 0 Å². The van der Waals surface area contributed by atoms with Crippen LogP contribution in [0.1, 0.15) is 49.8 Å². The molecular weight excluding hydrogens is 396 g/mol. The van der Waals surface area contributed by atoms with Crippen molar-refractivity contribution in [1.29, 1.82) is 0 Å². The van der Waals surface area contributed by atoms with E-state index in [0.717, 1.165) is 17.0 Å². The van der Waals surface area contributed by atoms with Gasteiger partial charge in [0, 0.05) is 11.8 Å². The molecule has 3 unspecified atom stereocenters. The number of hydrogen-bond acceptors (Lipinski definition) is 2. The van der Waals surface area contributed by atoms with Gasteiger partial charge in [0.05, 0.1) is 6.04 Å². The van der Waals surface area contributed by atoms with Crippen LogP contribution in [0.4, 0.5) is 0 Å². The molecular formula is C17H25Cl2NOZr. The summed E-state index contributed by atoms with van der Waals surface area (Å²) in [7, 11) is 9.87. The van der Waals surface area contributed by atoms with Crippen molar-refractivity contribution in [3.05, 3.63) is 28.8 Å². The molecule has 0 bridgehead atoms. The Bertz CT molecular complexity index is 508. The average Bonchev–Trinajstić information content (AvgIpc) is 2.46. The first-order chi connectivity index (χ1) is 10.4. The van der Waals surface area contributed by atoms with Crippen molar-refractivity contribution in [2.24, 2.45) is 16.8 Å². The fourth-order valence-electron chi connectivity index (χ4n) is 3.03. The number of nitrogens with zero attached hydrogens (tertiary/aromatic N) is 1. The first-order valence-electron chi connectivity index (χ1n) is 7.70. The quantitative estimate of drug-likeness (QED) is 0.617. The summed E-state index contributed by atoms with van der Waals surface area (Å²) in [4.78, 5) is 4.74. The summed E-state index contributed by atoms with van der Waals surface area (Å²) < 4.78 is 0. The maximum absolute atomic E-state index is 10.1. The minimum atomic E-state index is -0.826. The Morgan fingerprint density at radius 1 is 1.23 bits per heavy atom. The maximum atomic E-state index is 10.1. The summed E-state index contributed by atoms with van der Waals surface area (Å²) in [6.45, 7) is 8.61. The second-order valence-corrected chi connectivity index (χ2v) is 9.94. The van der Waals surface area contributed by atoms with Crippen molar-refractivity contribution in [2.45, 2.75) is 53.0 Å². The molecule has 1 aromatic rings. The number of phenols is 1. The van der Waals surface area contributed by atoms with Gasteiger partial charge in [0.25, 0.3) is 0 Å². The Labute approximate surface area is 153 Å². The van der Waals surface area contributed by atoms with Crippen LogP contribution in [-0.2, 0) is 20.8 Å². The van der Waals surface area contributed by atoms with Gasteiger partial charge in [-0.25, -0.2) is 0 Å². The first kappa shape index (κ1) is 20.2. The number of aromatic hydroxyl groups is 1. The van der Waals surface area contributed by atoms with Crippen LogP contribution in [0.3, 0.4) is 0 Å². The van der Waals surface area contributed by atoms with Gasteiger partial charge in [-0.05, 0) is 49.3 Å². The number of phenolic OH excluding ortho intramolecular Hbond substituents is 1. The van der Waals surface area contributed by atoms with Crippen molar-refractivity contribution < 1.29 is 26.0 Å². The molecule has 22 heavy (non-hydrogen) atoms. The van der Waals surface area contributed by atoms with Crippen molar-refractivity contribution >= 4 is 23.2 Å². The molecule has 1 saturated carbocycles. The standard InChI is InChI=1S/C17H25NO.2ClH.Zr/c1-11-8-13(3)17(19)15(9-11)10-18-16-7-5-6-12(2)14(16)4;;;/h8-10,12,14,16,19H,5-7H2,1-4H3;2*1H;/q;;;+2/p-2. The fourth-order valence-corrected chi connectivity index (χ4v) is 3.03. The van der Waals surface area contributed by atoms with E-state index in [0.29, 0.717) is 17.7 Å². The molecule has 0 aliphatic heterocycles. The SMILES string of the molecule is Cc1cc(C)c(O)c(C=NC2CCCC(C)C2C)c1.[Cl][Zr][Cl]. The van der Waals surface area contributed by atoms with Crippen molar-refractivity contribution in [2.75, 3.05) is 0 Å². The summed E-state index contributed by atoms with van der Waals surface area (Å²) in [5.41, 5.74) is 2.94. The molecule has 0 aromatic heterocycles. The van der Waals surface area contributed by atoms with Gasteiger partial charge in [0.15, 0.2) is 0 Å². The van der Waals surface area contributed by atoms with E-state index in [1.54, 1.807) is 0 Å². The Morgan fingerprint density at radius 3 is 2.50 bits per heavy atom. The number of halogens is 2. The molecule has 0 saturated heterocycles. The predicted octanol–water partition coefficient (Wildman–Crippen LogP) is 5.63. The zero-order valence-corrected chi connectivity index (χ0v) is 17.7. The van der Waals surface area contributed by atoms with Crippen LogP contribution in [0, 0.1) is 25.7 Å². The zero-order valence-electron chi connectivity index (χ0n) is 13.7. The van der Waals surface area contributed by atoms with Crippen LogP contribution < -0.4 is 0 Å². The zero-order chi connectivity index (χ0) is 16.7. The summed E-state index contributed by atoms with van der Waals surface area (Å²) in [5.74, 6) is 1.76. The van der Waals surface area contributed by atoms with Crippen molar-refractivity contribution in [1.82, 2.24) is 0 Å². The molecule has 1 aliphatic rings. The normalized spacial score (nSPS) is 24.7. The van der Waals surface area contributed by atoms with Crippen LogP contribution in [0.15, 0.2) is 17.1 Å². The van der Waals surface area contributed by atoms with Crippen LogP contribution in [0.5, 0.6) is 5.75 Å². The summed E-state index contributed by atoms with van der Waals surface area (Å²) in [5, 5.41) is 10.1. The van der Waals surface area contributed by atoms with E-state index in [-0.39, 0.29) is 0 Å². The molecule has 1 fully saturated rings. The Balaban J connectivity index is 0.000000745. The van der Waals surface area contributed by atoms with Crippen LogP contribution in [0.2, 0.25) is 0 Å². The van der Waals surface area contributed by atoms with Crippen LogP contribution >= 0.6 is 17.0 Å². The summed E-state index contributed by atoms with van der Waals surface area (Å²) in [6.07, 6.45) is 5.64. The van der Waals surface area contributed by atoms with Crippen LogP contribution in [-0.4, -0.2) is 17.4 Å². The third kappa shape index (κ3) is 5.98. The topological polar surface area (TPSA) is 32.6 Å². The Kier molecular flexibility index (Phi) is 9.28. The number of aliphatic imine (C=N–C) groups is 1. The number of benzene rings is 1. The number of aryl methyl sites for hydroxylation is 2. The molecule has 0 amide bonds. The van der Waals surface area contributed by atoms with Gasteiger partial charge in [0.1, 0.15) is 5.75 Å². The summed E-state index contributed by atoms with van der Waals surface area (Å²) in [6, 6.07) is 4.41. The number of hydrogen-bond donors (Lipinski definition) is 1. The first-order valence-corrected chi connectivity index (χ1v) is 14.0. The van der Waals surface area contributed by atoms with E-state index in [9.17, 15) is 5.11 Å². The second-order valence-electron chi connectivity index (χ2n) is 6.20. The van der Waals surface area contributed by atoms with E-state index in [1.807, 2.05) is 25.3 Å². The van der Waals surface area contributed by atoms with E-state index >= 15 is 0 Å². The van der Waals surface area contributed by atoms with Gasteiger partial charge in [0.2, 0.25) is 0 Å². The van der Waals surface area contributed by atoms with Crippen molar-refractivity contribution in [3.8, 4) is 5.75 Å². The molecule has 3 atom stereocenters. The predicted molar refractivity (Wildman–Crippen MR) is 92.8 cm³/mol. The fraction of sp³-hybridized carbons (Fsp3) is 0.588. The van der Waals surface area contributed by atoms with E-state index < -0.39 is 20.8 Å².